The van der Waals surface area contributed by atoms with E-state index in [-0.39, 0.29) is 22.9 Å². The van der Waals surface area contributed by atoms with Gasteiger partial charge in [-0.1, -0.05) is 59.2 Å². The molecule has 0 saturated heterocycles. The molecule has 0 aliphatic carbocycles. The number of rotatable bonds is 5. The lowest BCUT2D eigenvalue weighted by molar-refractivity contribution is -0.138. The van der Waals surface area contributed by atoms with E-state index in [1.807, 2.05) is 0 Å². The second kappa shape index (κ2) is 11.8. The van der Waals surface area contributed by atoms with Crippen molar-refractivity contribution in [2.24, 2.45) is 5.16 Å². The van der Waals surface area contributed by atoms with Gasteiger partial charge < -0.3 is 4.84 Å². The summed E-state index contributed by atoms with van der Waals surface area (Å²) in [7, 11) is -2.61. The van der Waals surface area contributed by atoms with Crippen LogP contribution in [0.1, 0.15) is 27.8 Å². The van der Waals surface area contributed by atoms with Crippen molar-refractivity contribution in [3.05, 3.63) is 106 Å². The highest BCUT2D eigenvalue weighted by Crippen LogP contribution is 2.35. The molecule has 0 unspecified atom stereocenters. The van der Waals surface area contributed by atoms with E-state index in [1.165, 1.54) is 12.1 Å². The standard InChI is InChI=1S/C22H14ClF6NO.HNO2S/c23-17-10-11-19(22(27,28)29)18(12-17)20(15-4-2-1-3-5-15)30-31-13-14-6-8-16(9-7-14)21(24,25)26;1-4(2)3/h1-12H,13H2;1H/b30-20+;. The van der Waals surface area contributed by atoms with Crippen LogP contribution in [0, 0.1) is 4.78 Å². The van der Waals surface area contributed by atoms with E-state index in [0.717, 1.165) is 30.3 Å². The molecule has 0 radical (unpaired) electrons. The van der Waals surface area contributed by atoms with E-state index >= 15 is 0 Å². The van der Waals surface area contributed by atoms with Crippen LogP contribution in [0.2, 0.25) is 5.02 Å². The largest absolute Gasteiger partial charge is 0.417 e. The van der Waals surface area contributed by atoms with Gasteiger partial charge in [-0.15, -0.1) is 0 Å². The summed E-state index contributed by atoms with van der Waals surface area (Å²) in [5.74, 6) is 0. The Morgan fingerprint density at radius 2 is 1.46 bits per heavy atom. The van der Waals surface area contributed by atoms with Gasteiger partial charge in [-0.25, -0.2) is 0 Å². The smallest absolute Gasteiger partial charge is 0.390 e. The minimum Gasteiger partial charge on any atom is -0.390 e. The molecule has 0 aliphatic heterocycles. The molecular weight excluding hydrogens is 522 g/mol. The molecule has 0 aliphatic rings. The maximum Gasteiger partial charge on any atom is 0.417 e. The first-order valence-electron chi connectivity index (χ1n) is 9.38. The second-order valence-electron chi connectivity index (χ2n) is 6.70. The van der Waals surface area contributed by atoms with Crippen LogP contribution in [0.5, 0.6) is 0 Å². The van der Waals surface area contributed by atoms with Gasteiger partial charge in [0.15, 0.2) is 0 Å². The lowest BCUT2D eigenvalue weighted by Gasteiger charge is -2.15. The molecule has 0 bridgehead atoms. The maximum atomic E-state index is 13.5. The number of alkyl halides is 6. The number of halogens is 7. The highest BCUT2D eigenvalue weighted by molar-refractivity contribution is 7.60. The summed E-state index contributed by atoms with van der Waals surface area (Å²) >= 11 is 5.92. The number of hydrogen-bond donors (Lipinski definition) is 1. The number of nitrogens with one attached hydrogen (secondary N) is 1. The third-order valence-electron chi connectivity index (χ3n) is 4.26. The maximum absolute atomic E-state index is 13.5. The molecule has 0 saturated carbocycles. The molecule has 5 nitrogen and oxygen atoms in total. The second-order valence-corrected chi connectivity index (χ2v) is 7.60. The van der Waals surface area contributed by atoms with Crippen molar-refractivity contribution in [2.45, 2.75) is 19.0 Å². The summed E-state index contributed by atoms with van der Waals surface area (Å²) in [4.78, 5) is 5.22. The van der Waals surface area contributed by atoms with Crippen LogP contribution in [-0.4, -0.2) is 14.1 Å². The summed E-state index contributed by atoms with van der Waals surface area (Å²) in [5, 5.41) is 3.96. The van der Waals surface area contributed by atoms with E-state index in [1.54, 1.807) is 30.3 Å². The van der Waals surface area contributed by atoms with Crippen molar-refractivity contribution in [2.75, 3.05) is 0 Å². The third kappa shape index (κ3) is 8.72. The molecule has 0 fully saturated rings. The summed E-state index contributed by atoms with van der Waals surface area (Å²) < 4.78 is 101. The van der Waals surface area contributed by atoms with Crippen molar-refractivity contribution in [1.82, 2.24) is 0 Å². The van der Waals surface area contributed by atoms with E-state index in [9.17, 15) is 26.3 Å². The number of nitrogens with zero attached hydrogens (tertiary/aromatic N) is 1. The number of benzene rings is 3. The SMILES string of the molecule is FC(F)(F)c1ccc(CO/N=C(\c2ccccc2)c2cc(Cl)ccc2C(F)(F)F)cc1.N=S(=O)=O. The van der Waals surface area contributed by atoms with Crippen molar-refractivity contribution in [1.29, 1.82) is 4.78 Å². The normalized spacial score (nSPS) is 11.9. The van der Waals surface area contributed by atoms with Crippen molar-refractivity contribution in [3.8, 4) is 0 Å². The minimum atomic E-state index is -4.66. The van der Waals surface area contributed by atoms with Gasteiger partial charge in [0, 0.05) is 16.1 Å². The zero-order chi connectivity index (χ0) is 26.2. The van der Waals surface area contributed by atoms with Gasteiger partial charge in [0.05, 0.1) is 11.1 Å². The van der Waals surface area contributed by atoms with Crippen molar-refractivity contribution in [3.63, 3.8) is 0 Å². The molecule has 3 rings (SSSR count). The molecular formula is C22H15ClF6N2O3S. The summed E-state index contributed by atoms with van der Waals surface area (Å²) in [6.07, 6.45) is -9.14. The summed E-state index contributed by atoms with van der Waals surface area (Å²) in [5.41, 5.74) is -1.44. The Kier molecular flexibility index (Phi) is 9.43. The molecule has 0 aromatic heterocycles. The van der Waals surface area contributed by atoms with Crippen LogP contribution in [0.3, 0.4) is 0 Å². The van der Waals surface area contributed by atoms with E-state index < -0.39 is 34.0 Å². The number of hydrogen-bond acceptors (Lipinski definition) is 5. The Bertz CT molecular complexity index is 1270. The monoisotopic (exact) mass is 536 g/mol. The third-order valence-corrected chi connectivity index (χ3v) is 4.49. The first-order chi connectivity index (χ1) is 16.3. The van der Waals surface area contributed by atoms with E-state index in [4.69, 9.17) is 29.6 Å². The van der Waals surface area contributed by atoms with Crippen LogP contribution in [0.15, 0.2) is 78.0 Å². The summed E-state index contributed by atoms with van der Waals surface area (Å²) in [6.45, 7) is -0.240. The Morgan fingerprint density at radius 3 is 1.97 bits per heavy atom. The van der Waals surface area contributed by atoms with Crippen molar-refractivity contribution >= 4 is 27.8 Å². The van der Waals surface area contributed by atoms with Crippen LogP contribution in [0.4, 0.5) is 26.3 Å². The zero-order valence-corrected chi connectivity index (χ0v) is 18.9. The van der Waals surface area contributed by atoms with Gasteiger partial charge in [0.1, 0.15) is 12.3 Å². The molecule has 3 aromatic rings. The first kappa shape index (κ1) is 27.9. The van der Waals surface area contributed by atoms with Gasteiger partial charge in [-0.2, -0.15) is 39.5 Å². The minimum absolute atomic E-state index is 0.0781. The fraction of sp³-hybridized carbons (Fsp3) is 0.136. The molecule has 0 atom stereocenters. The van der Waals surface area contributed by atoms with E-state index in [0.29, 0.717) is 11.1 Å². The lowest BCUT2D eigenvalue weighted by atomic mass is 9.97. The van der Waals surface area contributed by atoms with Gasteiger partial charge in [0.2, 0.25) is 0 Å². The highest BCUT2D eigenvalue weighted by atomic mass is 35.5. The number of oxime groups is 1. The van der Waals surface area contributed by atoms with Crippen LogP contribution in [0.25, 0.3) is 0 Å². The molecule has 0 heterocycles. The van der Waals surface area contributed by atoms with Crippen LogP contribution >= 0.6 is 11.6 Å². The highest BCUT2D eigenvalue weighted by Gasteiger charge is 2.35. The average Bonchev–Trinajstić information content (AvgIpc) is 2.76. The Morgan fingerprint density at radius 1 is 0.886 bits per heavy atom. The Labute approximate surface area is 202 Å². The molecule has 1 N–H and O–H groups in total. The fourth-order valence-electron chi connectivity index (χ4n) is 2.77. The lowest BCUT2D eigenvalue weighted by Crippen LogP contribution is -2.15. The molecule has 35 heavy (non-hydrogen) atoms. The predicted octanol–water partition coefficient (Wildman–Crippen LogP) is 6.97. The Balaban J connectivity index is 0.00000100. The quantitative estimate of drug-likeness (QED) is 0.217. The molecule has 0 amide bonds. The fourth-order valence-corrected chi connectivity index (χ4v) is 2.95. The van der Waals surface area contributed by atoms with Gasteiger partial charge in [0.25, 0.3) is 0 Å². The predicted molar refractivity (Wildman–Crippen MR) is 116 cm³/mol. The van der Waals surface area contributed by atoms with Gasteiger partial charge in [-0.05, 0) is 35.9 Å². The topological polar surface area (TPSA) is 79.6 Å². The zero-order valence-electron chi connectivity index (χ0n) is 17.4. The van der Waals surface area contributed by atoms with Gasteiger partial charge >= 0.3 is 22.9 Å². The summed E-state index contributed by atoms with van der Waals surface area (Å²) in [6, 6.07) is 15.4. The molecule has 186 valence electrons. The average molecular weight is 537 g/mol. The molecule has 13 heteroatoms. The van der Waals surface area contributed by atoms with Crippen LogP contribution in [-0.2, 0) is 34.3 Å². The Hall–Kier alpha value is -3.38. The molecule has 3 aromatic carbocycles. The van der Waals surface area contributed by atoms with E-state index in [2.05, 4.69) is 5.16 Å². The molecule has 0 spiro atoms. The van der Waals surface area contributed by atoms with Crippen molar-refractivity contribution < 1.29 is 39.6 Å². The van der Waals surface area contributed by atoms with Gasteiger partial charge in [-0.3, -0.25) is 0 Å². The van der Waals surface area contributed by atoms with Crippen LogP contribution < -0.4 is 0 Å². The first-order valence-corrected chi connectivity index (χ1v) is 10.8.